The molecule has 4 heteroatoms. The Morgan fingerprint density at radius 2 is 2.05 bits per heavy atom. The maximum atomic E-state index is 6.04. The highest BCUT2D eigenvalue weighted by atomic mass is 35.5. The van der Waals surface area contributed by atoms with E-state index < -0.39 is 0 Å². The van der Waals surface area contributed by atoms with Crippen molar-refractivity contribution in [3.8, 4) is 5.75 Å². The summed E-state index contributed by atoms with van der Waals surface area (Å²) < 4.78 is 11.1. The third-order valence-corrected chi connectivity index (χ3v) is 3.36. The Labute approximate surface area is 121 Å². The van der Waals surface area contributed by atoms with Crippen LogP contribution in [0.3, 0.4) is 0 Å². The Balaban J connectivity index is 2.09. The van der Waals surface area contributed by atoms with Crippen LogP contribution in [0.25, 0.3) is 0 Å². The van der Waals surface area contributed by atoms with Crippen molar-refractivity contribution in [2.75, 3.05) is 26.4 Å². The smallest absolute Gasteiger partial charge is 0.138 e. The quantitative estimate of drug-likeness (QED) is 0.708. The zero-order valence-corrected chi connectivity index (χ0v) is 12.9. The van der Waals surface area contributed by atoms with Gasteiger partial charge in [0.25, 0.3) is 0 Å². The van der Waals surface area contributed by atoms with Crippen LogP contribution in [0.1, 0.15) is 25.8 Å². The fourth-order valence-electron chi connectivity index (χ4n) is 1.64. The van der Waals surface area contributed by atoms with E-state index in [0.29, 0.717) is 24.3 Å². The van der Waals surface area contributed by atoms with E-state index >= 15 is 0 Å². The van der Waals surface area contributed by atoms with Crippen LogP contribution in [0.2, 0.25) is 5.02 Å². The first-order valence-corrected chi connectivity index (χ1v) is 7.31. The van der Waals surface area contributed by atoms with Crippen molar-refractivity contribution >= 4 is 11.6 Å². The minimum Gasteiger partial charge on any atom is -0.490 e. The molecule has 3 nitrogen and oxygen atoms in total. The first-order valence-electron chi connectivity index (χ1n) is 6.93. The van der Waals surface area contributed by atoms with Gasteiger partial charge in [0.15, 0.2) is 0 Å². The average Bonchev–Trinajstić information content (AvgIpc) is 2.41. The molecule has 19 heavy (non-hydrogen) atoms. The molecule has 0 aliphatic carbocycles. The van der Waals surface area contributed by atoms with Gasteiger partial charge in [0.1, 0.15) is 12.4 Å². The Kier molecular flexibility index (Phi) is 7.87. The summed E-state index contributed by atoms with van der Waals surface area (Å²) in [5.74, 6) is 0.733. The van der Waals surface area contributed by atoms with Crippen LogP contribution >= 0.6 is 11.6 Å². The van der Waals surface area contributed by atoms with E-state index in [1.807, 2.05) is 25.1 Å². The molecule has 0 spiro atoms. The molecule has 0 aliphatic heterocycles. The predicted molar refractivity (Wildman–Crippen MR) is 79.0 cm³/mol. The maximum absolute atomic E-state index is 6.04. The van der Waals surface area contributed by atoms with E-state index in [4.69, 9.17) is 21.1 Å². The molecule has 1 aromatic rings. The Bertz CT molecular complexity index is 371. The number of ether oxygens (including phenoxy) is 2. The lowest BCUT2D eigenvalue weighted by Gasteiger charge is -2.10. The van der Waals surface area contributed by atoms with E-state index in [2.05, 4.69) is 19.2 Å². The molecule has 0 unspecified atom stereocenters. The van der Waals surface area contributed by atoms with Gasteiger partial charge in [-0.05, 0) is 38.0 Å². The zero-order chi connectivity index (χ0) is 14.1. The molecule has 1 rings (SSSR count). The molecule has 0 saturated carbocycles. The molecule has 108 valence electrons. The largest absolute Gasteiger partial charge is 0.490 e. The second-order valence-electron chi connectivity index (χ2n) is 4.80. The number of aryl methyl sites for hydroxylation is 1. The molecule has 2 N–H and O–H groups in total. The number of hydrogen-bond acceptors (Lipinski definition) is 2. The average molecular weight is 287 g/mol. The van der Waals surface area contributed by atoms with E-state index in [1.165, 1.54) is 6.42 Å². The SMILES string of the molecule is CC[C@@H](C)[NH2+]CCOCCOc1cc(C)ccc1Cl. The van der Waals surface area contributed by atoms with Crippen molar-refractivity contribution in [3.63, 3.8) is 0 Å². The summed E-state index contributed by atoms with van der Waals surface area (Å²) in [7, 11) is 0. The number of halogens is 1. The summed E-state index contributed by atoms with van der Waals surface area (Å²) in [5, 5.41) is 2.95. The van der Waals surface area contributed by atoms with Gasteiger partial charge in [0.2, 0.25) is 0 Å². The molecule has 0 aliphatic rings. The summed E-state index contributed by atoms with van der Waals surface area (Å²) >= 11 is 6.04. The van der Waals surface area contributed by atoms with Gasteiger partial charge in [-0.2, -0.15) is 0 Å². The molecular formula is C15H25ClNO2+. The highest BCUT2D eigenvalue weighted by Crippen LogP contribution is 2.24. The lowest BCUT2D eigenvalue weighted by molar-refractivity contribution is -0.687. The van der Waals surface area contributed by atoms with Crippen molar-refractivity contribution < 1.29 is 14.8 Å². The Morgan fingerprint density at radius 3 is 2.79 bits per heavy atom. The predicted octanol–water partition coefficient (Wildman–Crippen LogP) is 2.41. The van der Waals surface area contributed by atoms with E-state index in [9.17, 15) is 0 Å². The summed E-state index contributed by atoms with van der Waals surface area (Å²) in [6.45, 7) is 9.33. The minimum atomic E-state index is 0.534. The van der Waals surface area contributed by atoms with Gasteiger partial charge in [-0.3, -0.25) is 0 Å². The van der Waals surface area contributed by atoms with Gasteiger partial charge < -0.3 is 14.8 Å². The van der Waals surface area contributed by atoms with Crippen LogP contribution in [0.5, 0.6) is 5.75 Å². The van der Waals surface area contributed by atoms with Gasteiger partial charge in [-0.25, -0.2) is 0 Å². The molecule has 1 atom stereocenters. The van der Waals surface area contributed by atoms with E-state index in [-0.39, 0.29) is 0 Å². The Morgan fingerprint density at radius 1 is 1.26 bits per heavy atom. The highest BCUT2D eigenvalue weighted by Gasteiger charge is 2.02. The highest BCUT2D eigenvalue weighted by molar-refractivity contribution is 6.32. The van der Waals surface area contributed by atoms with E-state index in [0.717, 1.165) is 24.5 Å². The van der Waals surface area contributed by atoms with Crippen molar-refractivity contribution in [2.24, 2.45) is 0 Å². The minimum absolute atomic E-state index is 0.534. The topological polar surface area (TPSA) is 35.1 Å². The third kappa shape index (κ3) is 6.81. The van der Waals surface area contributed by atoms with Crippen LogP contribution in [0.15, 0.2) is 18.2 Å². The van der Waals surface area contributed by atoms with Crippen molar-refractivity contribution in [1.29, 1.82) is 0 Å². The second kappa shape index (κ2) is 9.18. The summed E-state index contributed by atoms with van der Waals surface area (Å²) in [6, 6.07) is 6.44. The first kappa shape index (κ1) is 16.3. The lowest BCUT2D eigenvalue weighted by atomic mass is 10.2. The van der Waals surface area contributed by atoms with Crippen LogP contribution in [-0.2, 0) is 4.74 Å². The molecule has 0 aromatic heterocycles. The summed E-state index contributed by atoms with van der Waals surface area (Å²) in [5.41, 5.74) is 1.14. The second-order valence-corrected chi connectivity index (χ2v) is 5.21. The van der Waals surface area contributed by atoms with Crippen molar-refractivity contribution in [3.05, 3.63) is 28.8 Å². The number of rotatable bonds is 9. The van der Waals surface area contributed by atoms with Crippen molar-refractivity contribution in [2.45, 2.75) is 33.2 Å². The number of benzene rings is 1. The molecule has 0 fully saturated rings. The van der Waals surface area contributed by atoms with Gasteiger partial charge in [-0.15, -0.1) is 0 Å². The van der Waals surface area contributed by atoms with Gasteiger partial charge in [0, 0.05) is 0 Å². The molecule has 0 saturated heterocycles. The molecular weight excluding hydrogens is 262 g/mol. The zero-order valence-electron chi connectivity index (χ0n) is 12.1. The monoisotopic (exact) mass is 286 g/mol. The fraction of sp³-hybridized carbons (Fsp3) is 0.600. The maximum Gasteiger partial charge on any atom is 0.138 e. The normalized spacial score (nSPS) is 12.4. The molecule has 0 bridgehead atoms. The molecule has 0 radical (unpaired) electrons. The van der Waals surface area contributed by atoms with Gasteiger partial charge in [0.05, 0.1) is 30.8 Å². The van der Waals surface area contributed by atoms with Gasteiger partial charge in [-0.1, -0.05) is 24.6 Å². The van der Waals surface area contributed by atoms with Crippen LogP contribution in [-0.4, -0.2) is 32.4 Å². The molecule has 0 heterocycles. The number of nitrogens with two attached hydrogens (primary N) is 1. The number of hydrogen-bond donors (Lipinski definition) is 1. The first-order chi connectivity index (χ1) is 9.13. The fourth-order valence-corrected chi connectivity index (χ4v) is 1.81. The van der Waals surface area contributed by atoms with Crippen LogP contribution in [0, 0.1) is 6.92 Å². The Hall–Kier alpha value is -0.770. The van der Waals surface area contributed by atoms with E-state index in [1.54, 1.807) is 0 Å². The van der Waals surface area contributed by atoms with Crippen LogP contribution in [0.4, 0.5) is 0 Å². The van der Waals surface area contributed by atoms with Crippen LogP contribution < -0.4 is 10.1 Å². The standard InChI is InChI=1S/C15H24ClNO2/c1-4-13(3)17-7-8-18-9-10-19-15-11-12(2)5-6-14(15)16/h5-6,11,13,17H,4,7-10H2,1-3H3/p+1/t13-/m1/s1. The van der Waals surface area contributed by atoms with Gasteiger partial charge >= 0.3 is 0 Å². The lowest BCUT2D eigenvalue weighted by Crippen LogP contribution is -2.90. The van der Waals surface area contributed by atoms with Crippen molar-refractivity contribution in [1.82, 2.24) is 0 Å². The molecule has 0 amide bonds. The molecule has 1 aromatic carbocycles. The summed E-state index contributed by atoms with van der Waals surface area (Å²) in [6.07, 6.45) is 1.19. The summed E-state index contributed by atoms with van der Waals surface area (Å²) in [4.78, 5) is 0. The number of quaternary nitrogens is 1. The third-order valence-electron chi connectivity index (χ3n) is 3.05.